The second kappa shape index (κ2) is 19.0. The quantitative estimate of drug-likeness (QED) is 0.211. The zero-order chi connectivity index (χ0) is 21.9. The molecule has 178 valence electrons. The minimum absolute atomic E-state index is 0.169. The topological polar surface area (TPSA) is 38.3 Å². The molecular weight excluding hydrogens is 370 g/mol. The van der Waals surface area contributed by atoms with Gasteiger partial charge in [0.25, 0.3) is 0 Å². The Bertz CT molecular complexity index is 392. The van der Waals surface area contributed by atoms with E-state index in [0.29, 0.717) is 0 Å². The van der Waals surface area contributed by atoms with Gasteiger partial charge in [0.1, 0.15) is 6.10 Å². The molecule has 3 heteroatoms. The first kappa shape index (κ1) is 27.3. The Morgan fingerprint density at radius 2 is 1.30 bits per heavy atom. The Balaban J connectivity index is 1.85. The van der Waals surface area contributed by atoms with E-state index in [4.69, 9.17) is 4.74 Å². The van der Waals surface area contributed by atoms with E-state index < -0.39 is 0 Å². The minimum atomic E-state index is -0.208. The fraction of sp³-hybridized carbons (Fsp3) is 0.963. The van der Waals surface area contributed by atoms with Gasteiger partial charge in [0.05, 0.1) is 0 Å². The zero-order valence-corrected chi connectivity index (χ0v) is 20.7. The molecule has 2 unspecified atom stereocenters. The lowest BCUT2D eigenvalue weighted by Gasteiger charge is -2.17. The Morgan fingerprint density at radius 1 is 0.800 bits per heavy atom. The molecule has 1 aliphatic rings. The summed E-state index contributed by atoms with van der Waals surface area (Å²) in [6, 6.07) is 0. The molecule has 1 amide bonds. The maximum Gasteiger partial charge on any atom is 0.407 e. The minimum Gasteiger partial charge on any atom is -0.446 e. The zero-order valence-electron chi connectivity index (χ0n) is 20.7. The van der Waals surface area contributed by atoms with E-state index in [0.717, 1.165) is 37.6 Å². The summed E-state index contributed by atoms with van der Waals surface area (Å²) in [6.45, 7) is 7.88. The molecule has 0 aromatic rings. The summed E-state index contributed by atoms with van der Waals surface area (Å²) in [6.07, 6.45) is 25.0. The molecule has 0 saturated heterocycles. The van der Waals surface area contributed by atoms with Crippen molar-refractivity contribution in [1.29, 1.82) is 0 Å². The first-order valence-electron chi connectivity index (χ1n) is 13.6. The summed E-state index contributed by atoms with van der Waals surface area (Å²) in [7, 11) is 0. The van der Waals surface area contributed by atoms with Crippen LogP contribution in [0.15, 0.2) is 0 Å². The number of unbranched alkanes of at least 4 members (excludes halogenated alkanes) is 10. The van der Waals surface area contributed by atoms with Gasteiger partial charge in [-0.25, -0.2) is 4.79 Å². The molecule has 2 atom stereocenters. The highest BCUT2D eigenvalue weighted by atomic mass is 16.6. The molecule has 0 heterocycles. The van der Waals surface area contributed by atoms with Gasteiger partial charge >= 0.3 is 6.09 Å². The average Bonchev–Trinajstić information content (AvgIpc) is 3.22. The van der Waals surface area contributed by atoms with Crippen LogP contribution in [-0.4, -0.2) is 18.7 Å². The summed E-state index contributed by atoms with van der Waals surface area (Å²) in [5, 5.41) is 2.92. The number of nitrogens with one attached hydrogen (secondary N) is 1. The molecule has 0 radical (unpaired) electrons. The molecule has 0 bridgehead atoms. The molecule has 0 spiro atoms. The van der Waals surface area contributed by atoms with E-state index in [9.17, 15) is 4.79 Å². The van der Waals surface area contributed by atoms with E-state index in [-0.39, 0.29) is 12.2 Å². The highest BCUT2D eigenvalue weighted by Gasteiger charge is 2.18. The van der Waals surface area contributed by atoms with Crippen molar-refractivity contribution < 1.29 is 9.53 Å². The van der Waals surface area contributed by atoms with Gasteiger partial charge in [-0.1, -0.05) is 104 Å². The van der Waals surface area contributed by atoms with Crippen molar-refractivity contribution in [2.45, 2.75) is 149 Å². The maximum absolute atomic E-state index is 11.7. The van der Waals surface area contributed by atoms with E-state index in [1.165, 1.54) is 103 Å². The van der Waals surface area contributed by atoms with Crippen LogP contribution in [0.25, 0.3) is 0 Å². The smallest absolute Gasteiger partial charge is 0.407 e. The van der Waals surface area contributed by atoms with Gasteiger partial charge in [0.2, 0.25) is 0 Å². The van der Waals surface area contributed by atoms with Gasteiger partial charge in [-0.05, 0) is 50.4 Å². The SMILES string of the molecule is CCCCCCCCCCCCC(C)CC(C)CCCCNC(=O)OC1CCCC1. The molecule has 3 nitrogen and oxygen atoms in total. The van der Waals surface area contributed by atoms with E-state index in [2.05, 4.69) is 26.1 Å². The van der Waals surface area contributed by atoms with Crippen LogP contribution in [0.5, 0.6) is 0 Å². The van der Waals surface area contributed by atoms with Gasteiger partial charge in [-0.3, -0.25) is 0 Å². The van der Waals surface area contributed by atoms with Gasteiger partial charge < -0.3 is 10.1 Å². The summed E-state index contributed by atoms with van der Waals surface area (Å²) in [4.78, 5) is 11.7. The monoisotopic (exact) mass is 423 g/mol. The Hall–Kier alpha value is -0.730. The first-order valence-corrected chi connectivity index (χ1v) is 13.6. The third-order valence-corrected chi connectivity index (χ3v) is 6.82. The average molecular weight is 424 g/mol. The number of carbonyl (C=O) groups excluding carboxylic acids is 1. The number of carbonyl (C=O) groups is 1. The van der Waals surface area contributed by atoms with Crippen molar-refractivity contribution in [3.05, 3.63) is 0 Å². The fourth-order valence-corrected chi connectivity index (χ4v) is 4.91. The van der Waals surface area contributed by atoms with Crippen molar-refractivity contribution in [3.63, 3.8) is 0 Å². The summed E-state index contributed by atoms with van der Waals surface area (Å²) in [5.41, 5.74) is 0. The van der Waals surface area contributed by atoms with Crippen molar-refractivity contribution in [1.82, 2.24) is 5.32 Å². The molecule has 0 aromatic carbocycles. The van der Waals surface area contributed by atoms with E-state index in [1.807, 2.05) is 0 Å². The van der Waals surface area contributed by atoms with Gasteiger partial charge in [-0.2, -0.15) is 0 Å². The van der Waals surface area contributed by atoms with Crippen LogP contribution in [0.1, 0.15) is 143 Å². The Kier molecular flexibility index (Phi) is 17.3. The van der Waals surface area contributed by atoms with Crippen LogP contribution in [0.2, 0.25) is 0 Å². The number of alkyl carbamates (subject to hydrolysis) is 1. The fourth-order valence-electron chi connectivity index (χ4n) is 4.91. The van der Waals surface area contributed by atoms with Crippen LogP contribution in [0.4, 0.5) is 4.79 Å². The normalized spacial score (nSPS) is 16.5. The van der Waals surface area contributed by atoms with Crippen molar-refractivity contribution in [3.8, 4) is 0 Å². The number of rotatable bonds is 19. The first-order chi connectivity index (χ1) is 14.6. The lowest BCUT2D eigenvalue weighted by molar-refractivity contribution is 0.101. The second-order valence-electron chi connectivity index (χ2n) is 10.2. The number of ether oxygens (including phenoxy) is 1. The van der Waals surface area contributed by atoms with Crippen molar-refractivity contribution >= 4 is 6.09 Å². The molecule has 30 heavy (non-hydrogen) atoms. The molecule has 0 aliphatic heterocycles. The third kappa shape index (κ3) is 16.0. The predicted molar refractivity (Wildman–Crippen MR) is 130 cm³/mol. The number of hydrogen-bond donors (Lipinski definition) is 1. The second-order valence-corrected chi connectivity index (χ2v) is 10.2. The molecule has 0 aromatic heterocycles. The molecule has 1 rings (SSSR count). The largest absolute Gasteiger partial charge is 0.446 e. The molecule has 1 fully saturated rings. The lowest BCUT2D eigenvalue weighted by atomic mass is 9.89. The van der Waals surface area contributed by atoms with Crippen molar-refractivity contribution in [2.75, 3.05) is 6.54 Å². The molecular formula is C27H53NO2. The molecule has 1 saturated carbocycles. The Labute approximate surface area is 188 Å². The number of amides is 1. The highest BCUT2D eigenvalue weighted by molar-refractivity contribution is 5.67. The van der Waals surface area contributed by atoms with E-state index >= 15 is 0 Å². The van der Waals surface area contributed by atoms with Crippen molar-refractivity contribution in [2.24, 2.45) is 11.8 Å². The van der Waals surface area contributed by atoms with Crippen LogP contribution in [-0.2, 0) is 4.74 Å². The maximum atomic E-state index is 11.7. The van der Waals surface area contributed by atoms with Crippen LogP contribution in [0, 0.1) is 11.8 Å². The van der Waals surface area contributed by atoms with E-state index in [1.54, 1.807) is 0 Å². The van der Waals surface area contributed by atoms with Crippen LogP contribution in [0.3, 0.4) is 0 Å². The summed E-state index contributed by atoms with van der Waals surface area (Å²) in [5.74, 6) is 1.65. The summed E-state index contributed by atoms with van der Waals surface area (Å²) >= 11 is 0. The molecule has 1 aliphatic carbocycles. The van der Waals surface area contributed by atoms with Crippen LogP contribution >= 0.6 is 0 Å². The summed E-state index contributed by atoms with van der Waals surface area (Å²) < 4.78 is 5.43. The standard InChI is InChI=1S/C27H53NO2/c1-4-5-6-7-8-9-10-11-12-13-18-24(2)23-25(3)19-16-17-22-28-27(29)30-26-20-14-15-21-26/h24-26H,4-23H2,1-3H3,(H,28,29). The molecule has 1 N–H and O–H groups in total. The van der Waals surface area contributed by atoms with Gasteiger partial charge in [0, 0.05) is 6.54 Å². The highest BCUT2D eigenvalue weighted by Crippen LogP contribution is 2.23. The Morgan fingerprint density at radius 3 is 1.87 bits per heavy atom. The third-order valence-electron chi connectivity index (χ3n) is 6.82. The van der Waals surface area contributed by atoms with Gasteiger partial charge in [0.15, 0.2) is 0 Å². The lowest BCUT2D eigenvalue weighted by Crippen LogP contribution is -2.28. The number of hydrogen-bond acceptors (Lipinski definition) is 2. The predicted octanol–water partition coefficient (Wildman–Crippen LogP) is 8.80. The van der Waals surface area contributed by atoms with Crippen LogP contribution < -0.4 is 5.32 Å². The van der Waals surface area contributed by atoms with Gasteiger partial charge in [-0.15, -0.1) is 0 Å².